The van der Waals surface area contributed by atoms with E-state index in [9.17, 15) is 9.59 Å². The highest BCUT2D eigenvalue weighted by Gasteiger charge is 2.10. The van der Waals surface area contributed by atoms with Crippen LogP contribution < -0.4 is 0 Å². The second kappa shape index (κ2) is 35.4. The SMILES string of the molecule is CCCCCCCC/C=C\CCCCCCCCCCCC(=O)OC(=O)CCCCCCCCCCCCCCC(C)C. The Balaban J connectivity index is 3.30. The van der Waals surface area contributed by atoms with Crippen LogP contribution in [-0.2, 0) is 14.3 Å². The fourth-order valence-corrected chi connectivity index (χ4v) is 5.87. The predicted molar refractivity (Wildman–Crippen MR) is 188 cm³/mol. The first-order valence-electron chi connectivity index (χ1n) is 19.4. The van der Waals surface area contributed by atoms with Crippen molar-refractivity contribution in [3.8, 4) is 0 Å². The van der Waals surface area contributed by atoms with E-state index < -0.39 is 0 Å². The molecule has 0 rings (SSSR count). The third kappa shape index (κ3) is 37.0. The molecule has 0 fully saturated rings. The minimum absolute atomic E-state index is 0.327. The van der Waals surface area contributed by atoms with Gasteiger partial charge >= 0.3 is 11.9 Å². The average Bonchev–Trinajstić information content (AvgIpc) is 2.98. The van der Waals surface area contributed by atoms with E-state index in [0.717, 1.165) is 31.6 Å². The number of carbonyl (C=O) groups excluding carboxylic acids is 2. The Bertz CT molecular complexity index is 609. The van der Waals surface area contributed by atoms with Crippen LogP contribution >= 0.6 is 0 Å². The summed E-state index contributed by atoms with van der Waals surface area (Å²) in [6, 6.07) is 0. The Labute approximate surface area is 270 Å². The first kappa shape index (κ1) is 41.9. The summed E-state index contributed by atoms with van der Waals surface area (Å²) in [5.74, 6) is 0.197. The molecular formula is C40H76O3. The van der Waals surface area contributed by atoms with Crippen molar-refractivity contribution in [1.82, 2.24) is 0 Å². The largest absolute Gasteiger partial charge is 0.393 e. The maximum Gasteiger partial charge on any atom is 0.313 e. The topological polar surface area (TPSA) is 43.4 Å². The zero-order chi connectivity index (χ0) is 31.5. The van der Waals surface area contributed by atoms with Gasteiger partial charge in [0.1, 0.15) is 0 Å². The van der Waals surface area contributed by atoms with Gasteiger partial charge in [-0.1, -0.05) is 187 Å². The standard InChI is InChI=1S/C40H76O3/c1-4-5-6-7-8-9-10-11-12-13-14-15-16-17-21-24-27-30-33-36-39(41)43-40(42)37-34-31-28-25-22-19-18-20-23-26-29-32-35-38(2)3/h11-12,38H,4-10,13-37H2,1-3H3/b12-11-. The first-order valence-corrected chi connectivity index (χ1v) is 19.4. The summed E-state index contributed by atoms with van der Waals surface area (Å²) in [6.45, 7) is 6.91. The number of ether oxygens (including phenoxy) is 1. The molecule has 0 amide bonds. The van der Waals surface area contributed by atoms with Crippen LogP contribution in [0.2, 0.25) is 0 Å². The highest BCUT2D eigenvalue weighted by molar-refractivity contribution is 5.85. The molecule has 0 heterocycles. The van der Waals surface area contributed by atoms with E-state index in [4.69, 9.17) is 4.74 Å². The molecule has 3 heteroatoms. The minimum Gasteiger partial charge on any atom is -0.393 e. The Hall–Kier alpha value is -1.12. The maximum atomic E-state index is 11.9. The van der Waals surface area contributed by atoms with Gasteiger partial charge in [0.2, 0.25) is 0 Å². The van der Waals surface area contributed by atoms with E-state index >= 15 is 0 Å². The van der Waals surface area contributed by atoms with E-state index in [1.807, 2.05) is 0 Å². The first-order chi connectivity index (χ1) is 21.1. The molecule has 0 spiro atoms. The third-order valence-electron chi connectivity index (χ3n) is 8.78. The Morgan fingerprint density at radius 3 is 1.09 bits per heavy atom. The van der Waals surface area contributed by atoms with Crippen LogP contribution in [0, 0.1) is 5.92 Å². The smallest absolute Gasteiger partial charge is 0.313 e. The molecule has 0 bridgehead atoms. The number of esters is 2. The van der Waals surface area contributed by atoms with Crippen molar-refractivity contribution in [2.75, 3.05) is 0 Å². The highest BCUT2D eigenvalue weighted by Crippen LogP contribution is 2.15. The average molecular weight is 605 g/mol. The molecule has 43 heavy (non-hydrogen) atoms. The van der Waals surface area contributed by atoms with Crippen LogP contribution in [0.5, 0.6) is 0 Å². The Morgan fingerprint density at radius 1 is 0.442 bits per heavy atom. The van der Waals surface area contributed by atoms with Crippen LogP contribution in [0.4, 0.5) is 0 Å². The lowest BCUT2D eigenvalue weighted by atomic mass is 10.0. The van der Waals surface area contributed by atoms with Crippen LogP contribution in [0.3, 0.4) is 0 Å². The zero-order valence-electron chi connectivity index (χ0n) is 29.6. The molecule has 3 nitrogen and oxygen atoms in total. The summed E-state index contributed by atoms with van der Waals surface area (Å²) in [6.07, 6.45) is 44.1. The van der Waals surface area contributed by atoms with Gasteiger partial charge in [-0.05, 0) is 44.4 Å². The lowest BCUT2D eigenvalue weighted by molar-refractivity contribution is -0.159. The zero-order valence-corrected chi connectivity index (χ0v) is 29.6. The molecule has 0 aromatic rings. The van der Waals surface area contributed by atoms with Crippen LogP contribution in [-0.4, -0.2) is 11.9 Å². The summed E-state index contributed by atoms with van der Waals surface area (Å²) >= 11 is 0. The number of unbranched alkanes of at least 4 members (excludes halogenated alkanes) is 26. The molecule has 0 aliphatic heterocycles. The molecule has 0 N–H and O–H groups in total. The number of carbonyl (C=O) groups is 2. The van der Waals surface area contributed by atoms with Gasteiger partial charge in [-0.3, -0.25) is 9.59 Å². The minimum atomic E-state index is -0.328. The van der Waals surface area contributed by atoms with Crippen molar-refractivity contribution < 1.29 is 14.3 Å². The highest BCUT2D eigenvalue weighted by atomic mass is 16.6. The lowest BCUT2D eigenvalue weighted by Crippen LogP contribution is -2.11. The van der Waals surface area contributed by atoms with Crippen molar-refractivity contribution >= 4 is 11.9 Å². The van der Waals surface area contributed by atoms with E-state index in [1.54, 1.807) is 0 Å². The van der Waals surface area contributed by atoms with E-state index in [1.165, 1.54) is 167 Å². The van der Waals surface area contributed by atoms with E-state index in [2.05, 4.69) is 32.9 Å². The fourth-order valence-electron chi connectivity index (χ4n) is 5.87. The van der Waals surface area contributed by atoms with E-state index in [0.29, 0.717) is 12.8 Å². The summed E-state index contributed by atoms with van der Waals surface area (Å²) in [5.41, 5.74) is 0. The number of allylic oxidation sites excluding steroid dienone is 2. The molecule has 0 atom stereocenters. The molecule has 0 radical (unpaired) electrons. The summed E-state index contributed by atoms with van der Waals surface area (Å²) in [7, 11) is 0. The quantitative estimate of drug-likeness (QED) is 0.0317. The molecule has 0 saturated heterocycles. The number of hydrogen-bond acceptors (Lipinski definition) is 3. The normalized spacial score (nSPS) is 11.6. The summed E-state index contributed by atoms with van der Waals surface area (Å²) in [5, 5.41) is 0. The molecule has 0 unspecified atom stereocenters. The van der Waals surface area contributed by atoms with Crippen molar-refractivity contribution in [1.29, 1.82) is 0 Å². The molecular weight excluding hydrogens is 528 g/mol. The Morgan fingerprint density at radius 2 is 0.744 bits per heavy atom. The van der Waals surface area contributed by atoms with Crippen molar-refractivity contribution in [2.45, 2.75) is 226 Å². The molecule has 0 aliphatic carbocycles. The van der Waals surface area contributed by atoms with Crippen LogP contribution in [0.1, 0.15) is 226 Å². The maximum absolute atomic E-state index is 11.9. The molecule has 0 aliphatic rings. The molecule has 0 aromatic carbocycles. The van der Waals surface area contributed by atoms with Gasteiger partial charge in [-0.2, -0.15) is 0 Å². The molecule has 254 valence electrons. The van der Waals surface area contributed by atoms with E-state index in [-0.39, 0.29) is 11.9 Å². The van der Waals surface area contributed by atoms with Crippen LogP contribution in [0.25, 0.3) is 0 Å². The third-order valence-corrected chi connectivity index (χ3v) is 8.78. The van der Waals surface area contributed by atoms with Gasteiger partial charge < -0.3 is 4.74 Å². The number of rotatable bonds is 34. The monoisotopic (exact) mass is 605 g/mol. The lowest BCUT2D eigenvalue weighted by Gasteiger charge is -2.05. The number of hydrogen-bond donors (Lipinski definition) is 0. The van der Waals surface area contributed by atoms with Crippen molar-refractivity contribution in [3.05, 3.63) is 12.2 Å². The second-order valence-electron chi connectivity index (χ2n) is 13.8. The van der Waals surface area contributed by atoms with Gasteiger partial charge in [-0.25, -0.2) is 0 Å². The van der Waals surface area contributed by atoms with Crippen molar-refractivity contribution in [2.24, 2.45) is 5.92 Å². The van der Waals surface area contributed by atoms with Gasteiger partial charge in [0.25, 0.3) is 0 Å². The summed E-state index contributed by atoms with van der Waals surface area (Å²) in [4.78, 5) is 23.9. The molecule has 0 aromatic heterocycles. The van der Waals surface area contributed by atoms with Gasteiger partial charge in [0.05, 0.1) is 0 Å². The Kier molecular flexibility index (Phi) is 34.4. The summed E-state index contributed by atoms with van der Waals surface area (Å²) < 4.78 is 5.02. The second-order valence-corrected chi connectivity index (χ2v) is 13.8. The molecule has 0 saturated carbocycles. The van der Waals surface area contributed by atoms with Crippen molar-refractivity contribution in [3.63, 3.8) is 0 Å². The fraction of sp³-hybridized carbons (Fsp3) is 0.900. The van der Waals surface area contributed by atoms with Gasteiger partial charge in [0, 0.05) is 12.8 Å². The predicted octanol–water partition coefficient (Wildman–Crippen LogP) is 13.8. The van der Waals surface area contributed by atoms with Gasteiger partial charge in [0.15, 0.2) is 0 Å². The van der Waals surface area contributed by atoms with Gasteiger partial charge in [-0.15, -0.1) is 0 Å². The van der Waals surface area contributed by atoms with Crippen LogP contribution in [0.15, 0.2) is 12.2 Å².